The van der Waals surface area contributed by atoms with E-state index in [1.165, 1.54) is 24.3 Å². The fraction of sp³-hybridized carbons (Fsp3) is 0.125. The molecule has 0 radical (unpaired) electrons. The van der Waals surface area contributed by atoms with E-state index in [-0.39, 0.29) is 11.3 Å². The second-order valence-electron chi connectivity index (χ2n) is 4.85. The van der Waals surface area contributed by atoms with Gasteiger partial charge in [-0.05, 0) is 30.3 Å². The van der Waals surface area contributed by atoms with Crippen LogP contribution in [-0.4, -0.2) is 23.4 Å². The van der Waals surface area contributed by atoms with E-state index >= 15 is 0 Å². The summed E-state index contributed by atoms with van der Waals surface area (Å²) in [5.74, 6) is -2.84. The smallest absolute Gasteiger partial charge is 0.478 e. The highest BCUT2D eigenvalue weighted by Gasteiger charge is 2.34. The van der Waals surface area contributed by atoms with E-state index in [4.69, 9.17) is 10.8 Å². The molecule has 0 aromatic heterocycles. The Bertz CT molecular complexity index is 803. The van der Waals surface area contributed by atoms with E-state index in [0.717, 1.165) is 6.07 Å². The lowest BCUT2D eigenvalue weighted by atomic mass is 10.1. The minimum absolute atomic E-state index is 0.125. The Morgan fingerprint density at radius 1 is 0.889 bits per heavy atom. The van der Waals surface area contributed by atoms with Crippen LogP contribution in [0.4, 0.5) is 32.0 Å². The summed E-state index contributed by atoms with van der Waals surface area (Å²) < 4.78 is 74.3. The molecule has 0 aliphatic carbocycles. The zero-order valence-electron chi connectivity index (χ0n) is 13.1. The molecular weight excluding hydrogens is 384 g/mol. The molecule has 0 atom stereocenters. The van der Waals surface area contributed by atoms with Crippen LogP contribution in [0.2, 0.25) is 0 Å². The Morgan fingerprint density at radius 3 is 1.89 bits per heavy atom. The molecule has 0 aliphatic heterocycles. The predicted octanol–water partition coefficient (Wildman–Crippen LogP) is 4.35. The number of carboxylic acids is 1. The number of nitrogen functional groups attached to an aromatic ring is 1. The van der Waals surface area contributed by atoms with Crippen LogP contribution in [0.1, 0.15) is 26.3 Å². The molecule has 2 aromatic carbocycles. The molecule has 0 saturated carbocycles. The predicted molar refractivity (Wildman–Crippen MR) is 80.7 cm³/mol. The minimum Gasteiger partial charge on any atom is -0.478 e. The van der Waals surface area contributed by atoms with Crippen LogP contribution in [0.15, 0.2) is 48.5 Å². The first-order valence-corrected chi connectivity index (χ1v) is 6.86. The lowest BCUT2D eigenvalue weighted by Gasteiger charge is -2.08. The number of carbonyl (C=O) groups is 2. The summed E-state index contributed by atoms with van der Waals surface area (Å²) in [6, 6.07) is 9.18. The second kappa shape index (κ2) is 8.43. The van der Waals surface area contributed by atoms with Gasteiger partial charge in [-0.2, -0.15) is 13.2 Å². The number of anilines is 1. The van der Waals surface area contributed by atoms with Gasteiger partial charge < -0.3 is 15.6 Å². The highest BCUT2D eigenvalue weighted by molar-refractivity contribution is 5.89. The first-order chi connectivity index (χ1) is 12.3. The average molecular weight is 395 g/mol. The third-order valence-corrected chi connectivity index (χ3v) is 2.75. The van der Waals surface area contributed by atoms with Crippen molar-refractivity contribution >= 4 is 17.6 Å². The number of rotatable bonds is 2. The van der Waals surface area contributed by atoms with Crippen molar-refractivity contribution in [3.05, 3.63) is 65.2 Å². The van der Waals surface area contributed by atoms with Gasteiger partial charge in [0.25, 0.3) is 0 Å². The highest BCUT2D eigenvalue weighted by atomic mass is 19.4. The molecule has 0 unspecified atom stereocenters. The van der Waals surface area contributed by atoms with Gasteiger partial charge in [0.2, 0.25) is 0 Å². The molecule has 0 saturated heterocycles. The van der Waals surface area contributed by atoms with E-state index < -0.39 is 35.6 Å². The first-order valence-electron chi connectivity index (χ1n) is 6.86. The molecule has 2 rings (SSSR count). The maximum absolute atomic E-state index is 12.2. The molecule has 0 fully saturated rings. The number of esters is 1. The van der Waals surface area contributed by atoms with E-state index in [0.29, 0.717) is 12.1 Å². The molecule has 5 nitrogen and oxygen atoms in total. The quantitative estimate of drug-likeness (QED) is 0.448. The van der Waals surface area contributed by atoms with Gasteiger partial charge in [0.05, 0.1) is 16.7 Å². The number of aromatic carboxylic acids is 1. The van der Waals surface area contributed by atoms with Crippen LogP contribution in [0.3, 0.4) is 0 Å². The van der Waals surface area contributed by atoms with Gasteiger partial charge in [-0.25, -0.2) is 9.59 Å². The maximum atomic E-state index is 12.2. The normalized spacial score (nSPS) is 11.2. The van der Waals surface area contributed by atoms with Crippen molar-refractivity contribution in [3.63, 3.8) is 0 Å². The summed E-state index contributed by atoms with van der Waals surface area (Å²) in [5.41, 5.74) is 3.25. The van der Waals surface area contributed by atoms with E-state index in [2.05, 4.69) is 4.74 Å². The zero-order chi connectivity index (χ0) is 20.8. The van der Waals surface area contributed by atoms with E-state index in [1.54, 1.807) is 6.07 Å². The van der Waals surface area contributed by atoms with Gasteiger partial charge in [0.15, 0.2) is 0 Å². The van der Waals surface area contributed by atoms with Crippen LogP contribution in [0, 0.1) is 0 Å². The molecule has 0 spiro atoms. The minimum atomic E-state index is -4.92. The highest BCUT2D eigenvalue weighted by Crippen LogP contribution is 2.31. The van der Waals surface area contributed by atoms with Crippen LogP contribution in [0.25, 0.3) is 0 Å². The van der Waals surface area contributed by atoms with E-state index in [1.807, 2.05) is 0 Å². The number of carbonyl (C=O) groups excluding carboxylic acids is 1. The molecule has 0 heterocycles. The van der Waals surface area contributed by atoms with Crippen molar-refractivity contribution in [1.29, 1.82) is 0 Å². The molecule has 2 aromatic rings. The summed E-state index contributed by atoms with van der Waals surface area (Å²) in [5, 5.41) is 8.48. The average Bonchev–Trinajstić information content (AvgIpc) is 2.53. The third kappa shape index (κ3) is 7.67. The number of ether oxygens (including phenoxy) is 1. The van der Waals surface area contributed by atoms with Crippen molar-refractivity contribution in [2.24, 2.45) is 0 Å². The van der Waals surface area contributed by atoms with Crippen LogP contribution in [0.5, 0.6) is 0 Å². The van der Waals surface area contributed by atoms with Gasteiger partial charge in [0.1, 0.15) is 0 Å². The van der Waals surface area contributed by atoms with Crippen molar-refractivity contribution < 1.29 is 45.8 Å². The summed E-state index contributed by atoms with van der Waals surface area (Å²) in [4.78, 5) is 21.1. The Labute approximate surface area is 148 Å². The molecular formula is C16H11F6NO4. The molecule has 146 valence electrons. The van der Waals surface area contributed by atoms with Crippen LogP contribution < -0.4 is 5.73 Å². The number of hydrogen-bond acceptors (Lipinski definition) is 4. The number of hydrogen-bond donors (Lipinski definition) is 2. The number of alkyl halides is 6. The fourth-order valence-electron chi connectivity index (χ4n) is 1.68. The Balaban J connectivity index is 0.000000271. The largest absolute Gasteiger partial charge is 0.575 e. The Hall–Kier alpha value is -3.24. The fourth-order valence-corrected chi connectivity index (χ4v) is 1.68. The van der Waals surface area contributed by atoms with Gasteiger partial charge in [-0.1, -0.05) is 18.2 Å². The van der Waals surface area contributed by atoms with Crippen LogP contribution >= 0.6 is 0 Å². The monoisotopic (exact) mass is 395 g/mol. The van der Waals surface area contributed by atoms with Gasteiger partial charge >= 0.3 is 24.5 Å². The molecule has 11 heteroatoms. The van der Waals surface area contributed by atoms with Crippen molar-refractivity contribution in [1.82, 2.24) is 0 Å². The summed E-state index contributed by atoms with van der Waals surface area (Å²) in [6.45, 7) is 0. The second-order valence-corrected chi connectivity index (χ2v) is 4.85. The Kier molecular flexibility index (Phi) is 6.81. The number of carboxylic acid groups (broad SMARTS) is 1. The SMILES string of the molecule is Nc1cc(C(=O)O)cc(C(F)(F)F)c1.O=C(OC(F)(F)F)c1ccccc1. The number of nitrogens with two attached hydrogens (primary N) is 1. The Morgan fingerprint density at radius 2 is 1.44 bits per heavy atom. The maximum Gasteiger partial charge on any atom is 0.575 e. The van der Waals surface area contributed by atoms with Crippen molar-refractivity contribution in [2.75, 3.05) is 5.73 Å². The van der Waals surface area contributed by atoms with Crippen molar-refractivity contribution in [2.45, 2.75) is 12.5 Å². The molecule has 0 bridgehead atoms. The van der Waals surface area contributed by atoms with E-state index in [9.17, 15) is 35.9 Å². The number of halogens is 6. The third-order valence-electron chi connectivity index (χ3n) is 2.75. The summed E-state index contributed by atoms with van der Waals surface area (Å²) >= 11 is 0. The zero-order valence-corrected chi connectivity index (χ0v) is 13.1. The van der Waals surface area contributed by atoms with Gasteiger partial charge in [0, 0.05) is 5.69 Å². The van der Waals surface area contributed by atoms with Gasteiger partial charge in [-0.15, -0.1) is 13.2 Å². The standard InChI is InChI=1S/C8H6F3NO2.C8H5F3O2/c9-8(10,11)5-1-4(7(13)14)2-6(12)3-5;9-8(10,11)13-7(12)6-4-2-1-3-5-6/h1-3H,12H2,(H,13,14);1-5H. The first kappa shape index (κ1) is 21.8. The lowest BCUT2D eigenvalue weighted by Crippen LogP contribution is -2.19. The molecule has 0 amide bonds. The summed E-state index contributed by atoms with van der Waals surface area (Å²) in [7, 11) is 0. The lowest BCUT2D eigenvalue weighted by molar-refractivity contribution is -0.291. The molecule has 0 aliphatic rings. The number of benzene rings is 2. The molecule has 3 N–H and O–H groups in total. The topological polar surface area (TPSA) is 89.6 Å². The molecule has 27 heavy (non-hydrogen) atoms. The van der Waals surface area contributed by atoms with Crippen molar-refractivity contribution in [3.8, 4) is 0 Å². The summed E-state index contributed by atoms with van der Waals surface area (Å²) in [6.07, 6.45) is -9.51. The van der Waals surface area contributed by atoms with Crippen LogP contribution in [-0.2, 0) is 10.9 Å². The van der Waals surface area contributed by atoms with Gasteiger partial charge in [-0.3, -0.25) is 0 Å².